The van der Waals surface area contributed by atoms with Crippen LogP contribution in [-0.4, -0.2) is 10.5 Å². The molecule has 0 atom stereocenters. The zero-order chi connectivity index (χ0) is 7.86. The highest BCUT2D eigenvalue weighted by Crippen LogP contribution is 1.72. The van der Waals surface area contributed by atoms with Crippen LogP contribution in [0.25, 0.3) is 0 Å². The highest BCUT2D eigenvalue weighted by Gasteiger charge is 1.75. The van der Waals surface area contributed by atoms with E-state index in [0.29, 0.717) is 0 Å². The molecule has 2 amide bonds. The van der Waals surface area contributed by atoms with Gasteiger partial charge in [-0.15, -0.1) is 0 Å². The molecule has 0 fully saturated rings. The molecule has 0 aliphatic heterocycles. The van der Waals surface area contributed by atoms with Crippen molar-refractivity contribution in [2.45, 2.75) is 0 Å². The average molecular weight is 186 g/mol. The van der Waals surface area contributed by atoms with Gasteiger partial charge in [0.25, 0.3) is 10.5 Å². The Morgan fingerprint density at radius 1 is 1.33 bits per heavy atom. The van der Waals surface area contributed by atoms with Crippen molar-refractivity contribution in [3.63, 3.8) is 0 Å². The van der Waals surface area contributed by atoms with Crippen LogP contribution in [0.4, 0.5) is 9.59 Å². The van der Waals surface area contributed by atoms with Crippen LogP contribution in [0.15, 0.2) is 0 Å². The molecule has 4 nitrogen and oxygen atoms in total. The summed E-state index contributed by atoms with van der Waals surface area (Å²) in [6.45, 7) is 0. The molecule has 0 bridgehead atoms. The van der Waals surface area contributed by atoms with Crippen LogP contribution in [0.1, 0.15) is 0 Å². The molecule has 3 N–H and O–H groups in total. The van der Waals surface area contributed by atoms with E-state index in [2.05, 4.69) is 43.8 Å². The summed E-state index contributed by atoms with van der Waals surface area (Å²) in [4.78, 5) is 18.6. The monoisotopic (exact) mass is 186 g/mol. The lowest BCUT2D eigenvalue weighted by atomic mass is 11.5. The van der Waals surface area contributed by atoms with E-state index < -0.39 is 10.5 Å². The van der Waals surface area contributed by atoms with Crippen molar-refractivity contribution in [2.75, 3.05) is 0 Å². The maximum Gasteiger partial charge on any atom is 0.285 e. The third-order valence-electron chi connectivity index (χ3n) is 0.0956. The molecule has 0 aromatic carbocycles. The van der Waals surface area contributed by atoms with Crippen molar-refractivity contribution >= 4 is 48.6 Å². The quantitative estimate of drug-likeness (QED) is 0.357. The lowest BCUT2D eigenvalue weighted by Gasteiger charge is -1.77. The number of hydrogen-bond donors (Lipinski definition) is 5. The number of nitrogens with two attached hydrogens (primary N) is 1. The summed E-state index contributed by atoms with van der Waals surface area (Å²) in [6, 6.07) is 0. The fourth-order valence-corrected chi connectivity index (χ4v) is 0. The fraction of sp³-hybridized carbons (Fsp3) is 0. The van der Waals surface area contributed by atoms with E-state index in [9.17, 15) is 4.79 Å². The summed E-state index contributed by atoms with van der Waals surface area (Å²) < 4.78 is 1.95. The minimum absolute atomic E-state index is 0.437. The van der Waals surface area contributed by atoms with Crippen LogP contribution in [0, 0.1) is 0 Å². The lowest BCUT2D eigenvalue weighted by molar-refractivity contribution is 0.265. The Morgan fingerprint density at radius 3 is 1.44 bits per heavy atom. The number of hydrogen-bond acceptors (Lipinski definition) is 3. The Bertz CT molecular complexity index is 102. The molecule has 7 heteroatoms. The van der Waals surface area contributed by atoms with Crippen molar-refractivity contribution in [3.05, 3.63) is 0 Å². The van der Waals surface area contributed by atoms with Gasteiger partial charge in [-0.25, -0.2) is 0 Å². The fourth-order valence-electron chi connectivity index (χ4n) is 0. The molecular weight excluding hydrogens is 180 g/mol. The van der Waals surface area contributed by atoms with E-state index in [0.717, 1.165) is 0 Å². The van der Waals surface area contributed by atoms with Gasteiger partial charge in [0.1, 0.15) is 0 Å². The summed E-state index contributed by atoms with van der Waals surface area (Å²) in [6.07, 6.45) is 0. The molecule has 0 rings (SSSR count). The molecule has 0 radical (unpaired) electrons. The Morgan fingerprint density at radius 2 is 1.44 bits per heavy atom. The third kappa shape index (κ3) is 72.4. The minimum atomic E-state index is -0.639. The summed E-state index contributed by atoms with van der Waals surface area (Å²) in [7, 11) is 0. The van der Waals surface area contributed by atoms with Crippen molar-refractivity contribution in [1.82, 2.24) is 4.72 Å². The highest BCUT2D eigenvalue weighted by molar-refractivity contribution is 7.98. The summed E-state index contributed by atoms with van der Waals surface area (Å²) in [5.41, 5.74) is 4.34. The van der Waals surface area contributed by atoms with Gasteiger partial charge in [-0.1, -0.05) is 38.1 Å². The number of thiol groups is 3. The first-order chi connectivity index (χ1) is 4.00. The van der Waals surface area contributed by atoms with Gasteiger partial charge in [-0.2, -0.15) is 0 Å². The van der Waals surface area contributed by atoms with Crippen molar-refractivity contribution in [1.29, 1.82) is 0 Å². The third-order valence-corrected chi connectivity index (χ3v) is 0.587. The predicted molar refractivity (Wildman–Crippen MR) is 45.1 cm³/mol. The first-order valence-corrected chi connectivity index (χ1v) is 2.96. The van der Waals surface area contributed by atoms with Crippen molar-refractivity contribution in [2.24, 2.45) is 5.73 Å². The second-order valence-corrected chi connectivity index (χ2v) is 1.83. The Hall–Kier alpha value is -0.0100. The van der Waals surface area contributed by atoms with Gasteiger partial charge in [-0.3, -0.25) is 14.3 Å². The van der Waals surface area contributed by atoms with E-state index >= 15 is 0 Å². The van der Waals surface area contributed by atoms with E-state index in [1.165, 1.54) is 0 Å². The maximum absolute atomic E-state index is 9.49. The normalized spacial score (nSPS) is 6.56. The molecule has 0 unspecified atom stereocenters. The van der Waals surface area contributed by atoms with E-state index in [1.807, 2.05) is 4.72 Å². The van der Waals surface area contributed by atoms with Gasteiger partial charge < -0.3 is 5.73 Å². The molecule has 0 aromatic heterocycles. The van der Waals surface area contributed by atoms with Gasteiger partial charge in [0.15, 0.2) is 0 Å². The van der Waals surface area contributed by atoms with Gasteiger partial charge in [0.2, 0.25) is 0 Å². The number of primary amides is 1. The first kappa shape index (κ1) is 11.7. The summed E-state index contributed by atoms with van der Waals surface area (Å²) >= 11 is 9.72. The van der Waals surface area contributed by atoms with Gasteiger partial charge in [0.05, 0.1) is 0 Å². The second-order valence-electron chi connectivity index (χ2n) is 0.755. The zero-order valence-corrected chi connectivity index (χ0v) is 6.92. The van der Waals surface area contributed by atoms with Gasteiger partial charge in [-0.05, 0) is 0 Å². The Labute approximate surface area is 68.9 Å². The van der Waals surface area contributed by atoms with Crippen LogP contribution in [0.5, 0.6) is 0 Å². The average Bonchev–Trinajstić information content (AvgIpc) is 1.65. The largest absolute Gasteiger partial charge is 0.361 e. The molecule has 0 aromatic rings. The maximum atomic E-state index is 9.49. The standard InChI is InChI=1S/CH3NOS2.CH3NOS/c3-1(4)2-5;2-1(3)4/h5H,(H2,2,3,4);(H3,2,3,4). The van der Waals surface area contributed by atoms with E-state index in [1.54, 1.807) is 0 Å². The predicted octanol–water partition coefficient (Wildman–Crippen LogP) is 0.466. The molecule has 0 saturated heterocycles. The van der Waals surface area contributed by atoms with Crippen molar-refractivity contribution in [3.8, 4) is 0 Å². The molecular formula is C2H6N2O2S3. The number of carbonyl (C=O) groups is 2. The molecule has 54 valence electrons. The molecule has 0 aliphatic carbocycles. The highest BCUT2D eigenvalue weighted by atomic mass is 32.1. The molecule has 9 heavy (non-hydrogen) atoms. The zero-order valence-electron chi connectivity index (χ0n) is 4.24. The Kier molecular flexibility index (Phi) is 10.4. The van der Waals surface area contributed by atoms with Crippen LogP contribution >= 0.6 is 38.1 Å². The van der Waals surface area contributed by atoms with E-state index in [-0.39, 0.29) is 0 Å². The minimum Gasteiger partial charge on any atom is -0.361 e. The molecule has 0 aliphatic rings. The summed E-state index contributed by atoms with van der Waals surface area (Å²) in [5.74, 6) is 0. The SMILES string of the molecule is NC(=O)S.O=C(S)NS. The molecule has 0 spiro atoms. The second kappa shape index (κ2) is 7.99. The van der Waals surface area contributed by atoms with E-state index in [4.69, 9.17) is 4.79 Å². The topological polar surface area (TPSA) is 72.2 Å². The van der Waals surface area contributed by atoms with Crippen LogP contribution < -0.4 is 10.5 Å². The number of nitrogens with one attached hydrogen (secondary N) is 1. The first-order valence-electron chi connectivity index (χ1n) is 1.62. The number of amides is 2. The number of rotatable bonds is 0. The van der Waals surface area contributed by atoms with Crippen LogP contribution in [0.3, 0.4) is 0 Å². The summed E-state index contributed by atoms with van der Waals surface area (Å²) in [5, 5.41) is -1.08. The smallest absolute Gasteiger partial charge is 0.285 e. The molecule has 0 heterocycles. The Balaban J connectivity index is 0. The van der Waals surface area contributed by atoms with Crippen LogP contribution in [0.2, 0.25) is 0 Å². The van der Waals surface area contributed by atoms with Gasteiger partial charge in [0, 0.05) is 0 Å². The van der Waals surface area contributed by atoms with Crippen LogP contribution in [-0.2, 0) is 0 Å². The number of carbonyl (C=O) groups excluding carboxylic acids is 2. The van der Waals surface area contributed by atoms with Crippen molar-refractivity contribution < 1.29 is 9.59 Å². The lowest BCUT2D eigenvalue weighted by Crippen LogP contribution is -1.98. The van der Waals surface area contributed by atoms with Gasteiger partial charge >= 0.3 is 0 Å². The molecule has 0 saturated carbocycles.